The maximum Gasteiger partial charge on any atom is 0.272 e. The fourth-order valence-electron chi connectivity index (χ4n) is 3.96. The number of carbonyl (C=O) groups is 1. The third-order valence-corrected chi connectivity index (χ3v) is 6.48. The van der Waals surface area contributed by atoms with Crippen molar-refractivity contribution in [3.8, 4) is 6.07 Å². The average Bonchev–Trinajstić information content (AvgIpc) is 2.85. The number of nitrogens with one attached hydrogen (secondary N) is 3. The van der Waals surface area contributed by atoms with Gasteiger partial charge in [-0.05, 0) is 39.2 Å². The van der Waals surface area contributed by atoms with E-state index in [1.54, 1.807) is 6.07 Å². The number of nitrogens with zero attached hydrogens (tertiary/aromatic N) is 3. The number of amides is 1. The van der Waals surface area contributed by atoms with Gasteiger partial charge in [-0.25, -0.2) is 9.71 Å². The number of ether oxygens (including phenoxy) is 1. The Bertz CT molecular complexity index is 1040. The first-order valence-electron chi connectivity index (χ1n) is 10.3. The number of fused-ring (bicyclic) bond motifs is 1. The van der Waals surface area contributed by atoms with E-state index in [1.807, 2.05) is 6.92 Å². The van der Waals surface area contributed by atoms with Gasteiger partial charge in [-0.3, -0.25) is 4.79 Å². The molecule has 164 valence electrons. The van der Waals surface area contributed by atoms with E-state index in [1.165, 1.54) is 18.2 Å². The minimum atomic E-state index is -0.807. The monoisotopic (exact) mass is 444 g/mol. The summed E-state index contributed by atoms with van der Waals surface area (Å²) in [6.07, 6.45) is 4.02. The molecule has 2 aromatic rings. The normalized spacial score (nSPS) is 17.1. The molecule has 0 spiro atoms. The lowest BCUT2D eigenvalue weighted by atomic mass is 10.0. The molecule has 0 aromatic carbocycles. The minimum absolute atomic E-state index is 0.0632. The van der Waals surface area contributed by atoms with E-state index in [4.69, 9.17) is 10.00 Å². The topological polar surface area (TPSA) is 104 Å². The molecule has 1 amide bonds. The third kappa shape index (κ3) is 4.54. The molecule has 0 atom stereocenters. The molecular weight excluding hydrogens is 419 g/mol. The highest BCUT2D eigenvalue weighted by atomic mass is 32.2. The summed E-state index contributed by atoms with van der Waals surface area (Å²) in [6.45, 7) is 6.09. The highest BCUT2D eigenvalue weighted by Gasteiger charge is 2.33. The second-order valence-corrected chi connectivity index (χ2v) is 8.86. The highest BCUT2D eigenvalue weighted by Crippen LogP contribution is 2.34. The standard InChI is InChI=1S/C21H25FN6O2S/c1-13-18(26-31-27-21(2)11-30-12-21)16-6-4-3-5-7-28(16)19(13)20(29)25-14-8-15(10-23)24-17(22)9-14/h8-9,26-27H,3-7,11-12H2,1-2H3,(H,24,25,29). The van der Waals surface area contributed by atoms with Gasteiger partial charge in [0.1, 0.15) is 17.5 Å². The Labute approximate surface area is 184 Å². The van der Waals surface area contributed by atoms with Crippen LogP contribution < -0.4 is 14.8 Å². The van der Waals surface area contributed by atoms with E-state index < -0.39 is 5.95 Å². The Morgan fingerprint density at radius 1 is 1.35 bits per heavy atom. The zero-order chi connectivity index (χ0) is 22.0. The second-order valence-electron chi connectivity index (χ2n) is 8.25. The summed E-state index contributed by atoms with van der Waals surface area (Å²) in [7, 11) is 0. The lowest BCUT2D eigenvalue weighted by molar-refractivity contribution is -0.0509. The van der Waals surface area contributed by atoms with E-state index in [9.17, 15) is 9.18 Å². The number of anilines is 2. The van der Waals surface area contributed by atoms with Crippen LogP contribution in [0.25, 0.3) is 0 Å². The van der Waals surface area contributed by atoms with Crippen LogP contribution in [0.5, 0.6) is 0 Å². The predicted molar refractivity (Wildman–Crippen MR) is 117 cm³/mol. The smallest absolute Gasteiger partial charge is 0.272 e. The summed E-state index contributed by atoms with van der Waals surface area (Å²) in [5.41, 5.74) is 3.49. The van der Waals surface area contributed by atoms with Crippen LogP contribution in [0, 0.1) is 24.2 Å². The fourth-order valence-corrected chi connectivity index (χ4v) is 4.75. The molecule has 4 rings (SSSR count). The van der Waals surface area contributed by atoms with Gasteiger partial charge in [-0.1, -0.05) is 6.42 Å². The number of pyridine rings is 1. The van der Waals surface area contributed by atoms with Crippen LogP contribution in [0.1, 0.15) is 53.6 Å². The number of nitriles is 1. The molecule has 0 bridgehead atoms. The van der Waals surface area contributed by atoms with Gasteiger partial charge in [0.2, 0.25) is 5.95 Å². The maximum absolute atomic E-state index is 13.7. The van der Waals surface area contributed by atoms with Gasteiger partial charge in [0.25, 0.3) is 5.91 Å². The van der Waals surface area contributed by atoms with Crippen molar-refractivity contribution >= 4 is 29.4 Å². The SMILES string of the molecule is Cc1c(NSNC2(C)COC2)c2n(c1C(=O)Nc1cc(F)nc(C#N)c1)CCCCC2. The summed E-state index contributed by atoms with van der Waals surface area (Å²) in [6, 6.07) is 4.28. The molecule has 1 saturated heterocycles. The van der Waals surface area contributed by atoms with Crippen molar-refractivity contribution in [1.82, 2.24) is 14.3 Å². The van der Waals surface area contributed by atoms with Crippen LogP contribution in [0.4, 0.5) is 15.8 Å². The second kappa shape index (κ2) is 8.86. The quantitative estimate of drug-likeness (QED) is 0.462. The van der Waals surface area contributed by atoms with Gasteiger partial charge in [-0.2, -0.15) is 9.65 Å². The number of hydrogen-bond donors (Lipinski definition) is 3. The number of carbonyl (C=O) groups excluding carboxylic acids is 1. The molecule has 31 heavy (non-hydrogen) atoms. The zero-order valence-electron chi connectivity index (χ0n) is 17.5. The van der Waals surface area contributed by atoms with Crippen molar-refractivity contribution in [2.24, 2.45) is 0 Å². The number of aromatic nitrogens is 2. The minimum Gasteiger partial charge on any atom is -0.377 e. The van der Waals surface area contributed by atoms with Crippen LogP contribution in [0.2, 0.25) is 0 Å². The third-order valence-electron chi connectivity index (χ3n) is 5.58. The molecule has 0 radical (unpaired) electrons. The molecule has 2 aliphatic rings. The predicted octanol–water partition coefficient (Wildman–Crippen LogP) is 3.53. The molecule has 0 unspecified atom stereocenters. The Kier molecular flexibility index (Phi) is 6.18. The van der Waals surface area contributed by atoms with Crippen LogP contribution in [-0.4, -0.2) is 34.2 Å². The zero-order valence-corrected chi connectivity index (χ0v) is 18.4. The van der Waals surface area contributed by atoms with Crippen molar-refractivity contribution in [3.63, 3.8) is 0 Å². The highest BCUT2D eigenvalue weighted by molar-refractivity contribution is 7.98. The largest absolute Gasteiger partial charge is 0.377 e. The van der Waals surface area contributed by atoms with Crippen LogP contribution >= 0.6 is 12.1 Å². The van der Waals surface area contributed by atoms with Crippen LogP contribution in [0.3, 0.4) is 0 Å². The Hall–Kier alpha value is -2.61. The lowest BCUT2D eigenvalue weighted by Gasteiger charge is -2.38. The van der Waals surface area contributed by atoms with Crippen molar-refractivity contribution in [3.05, 3.63) is 40.7 Å². The lowest BCUT2D eigenvalue weighted by Crippen LogP contribution is -2.55. The molecule has 3 N–H and O–H groups in total. The summed E-state index contributed by atoms with van der Waals surface area (Å²) in [5.74, 6) is -1.14. The molecule has 2 aliphatic heterocycles. The number of halogens is 1. The van der Waals surface area contributed by atoms with E-state index in [0.29, 0.717) is 18.9 Å². The summed E-state index contributed by atoms with van der Waals surface area (Å²) in [4.78, 5) is 16.7. The van der Waals surface area contributed by atoms with Crippen LogP contribution in [0.15, 0.2) is 12.1 Å². The summed E-state index contributed by atoms with van der Waals surface area (Å²) >= 11 is 1.40. The molecule has 0 aliphatic carbocycles. The van der Waals surface area contributed by atoms with E-state index in [-0.39, 0.29) is 22.8 Å². The maximum atomic E-state index is 13.7. The van der Waals surface area contributed by atoms with Gasteiger partial charge in [0.05, 0.1) is 24.4 Å². The van der Waals surface area contributed by atoms with Gasteiger partial charge >= 0.3 is 0 Å². The number of rotatable bonds is 6. The number of hydrogen-bond acceptors (Lipinski definition) is 7. The molecule has 0 saturated carbocycles. The fraction of sp³-hybridized carbons (Fsp3) is 0.476. The van der Waals surface area contributed by atoms with Crippen molar-refractivity contribution in [2.75, 3.05) is 23.3 Å². The van der Waals surface area contributed by atoms with Gasteiger partial charge in [0, 0.05) is 41.7 Å². The molecule has 10 heteroatoms. The first-order chi connectivity index (χ1) is 14.9. The molecular formula is C21H25FN6O2S. The van der Waals surface area contributed by atoms with Gasteiger partial charge in [0.15, 0.2) is 0 Å². The van der Waals surface area contributed by atoms with E-state index in [2.05, 4.69) is 31.2 Å². The Balaban J connectivity index is 1.60. The van der Waals surface area contributed by atoms with Gasteiger partial charge < -0.3 is 19.3 Å². The van der Waals surface area contributed by atoms with Crippen LogP contribution in [-0.2, 0) is 17.7 Å². The average molecular weight is 445 g/mol. The van der Waals surface area contributed by atoms with E-state index in [0.717, 1.165) is 55.2 Å². The van der Waals surface area contributed by atoms with Gasteiger partial charge in [-0.15, -0.1) is 0 Å². The van der Waals surface area contributed by atoms with Crippen molar-refractivity contribution in [1.29, 1.82) is 5.26 Å². The summed E-state index contributed by atoms with van der Waals surface area (Å²) < 4.78 is 27.8. The Morgan fingerprint density at radius 3 is 2.87 bits per heavy atom. The summed E-state index contributed by atoms with van der Waals surface area (Å²) in [5, 5.41) is 11.8. The first kappa shape index (κ1) is 21.6. The molecule has 2 aromatic heterocycles. The molecule has 8 nitrogen and oxygen atoms in total. The molecule has 1 fully saturated rings. The molecule has 4 heterocycles. The van der Waals surface area contributed by atoms with Crippen molar-refractivity contribution < 1.29 is 13.9 Å². The Morgan fingerprint density at radius 2 is 2.16 bits per heavy atom. The van der Waals surface area contributed by atoms with E-state index >= 15 is 0 Å². The first-order valence-corrected chi connectivity index (χ1v) is 11.1. The van der Waals surface area contributed by atoms with Crippen molar-refractivity contribution in [2.45, 2.75) is 51.6 Å².